The van der Waals surface area contributed by atoms with E-state index in [0.29, 0.717) is 0 Å². The van der Waals surface area contributed by atoms with Gasteiger partial charge in [-0.05, 0) is 60.3 Å². The van der Waals surface area contributed by atoms with Crippen molar-refractivity contribution in [3.8, 4) is 0 Å². The van der Waals surface area contributed by atoms with E-state index in [0.717, 1.165) is 4.90 Å². The Kier molecular flexibility index (Phi) is 7.24. The summed E-state index contributed by atoms with van der Waals surface area (Å²) in [6.45, 7) is 11.5. The predicted molar refractivity (Wildman–Crippen MR) is 95.5 cm³/mol. The molecule has 1 atom stereocenters. The van der Waals surface area contributed by atoms with Crippen LogP contribution in [0, 0.1) is 11.8 Å². The number of imide groups is 1. The second-order valence-corrected chi connectivity index (χ2v) is 8.25. The number of carbonyl (C=O) groups excluding carboxylic acids is 3. The third kappa shape index (κ3) is 6.07. The van der Waals surface area contributed by atoms with Gasteiger partial charge in [-0.3, -0.25) is 19.3 Å². The predicted octanol–water partition coefficient (Wildman–Crippen LogP) is 3.59. The van der Waals surface area contributed by atoms with Gasteiger partial charge in [-0.2, -0.15) is 13.2 Å². The Balaban J connectivity index is 2.92. The molecular formula is C19H29F3N2O3. The average Bonchev–Trinajstić information content (AvgIpc) is 2.52. The van der Waals surface area contributed by atoms with Crippen LogP contribution in [-0.2, 0) is 14.4 Å². The summed E-state index contributed by atoms with van der Waals surface area (Å²) in [5.74, 6) is -3.59. The molecule has 5 nitrogen and oxygen atoms in total. The van der Waals surface area contributed by atoms with Gasteiger partial charge in [-0.25, -0.2) is 0 Å². The molecule has 1 unspecified atom stereocenters. The van der Waals surface area contributed by atoms with Gasteiger partial charge in [0.05, 0.1) is 5.92 Å². The molecule has 1 aliphatic carbocycles. The van der Waals surface area contributed by atoms with Gasteiger partial charge in [-0.15, -0.1) is 0 Å². The molecule has 27 heavy (non-hydrogen) atoms. The molecule has 1 N–H and O–H groups in total. The van der Waals surface area contributed by atoms with Gasteiger partial charge in [0.25, 0.3) is 5.91 Å². The Hall–Kier alpha value is -1.86. The molecule has 1 fully saturated rings. The lowest BCUT2D eigenvalue weighted by Gasteiger charge is -2.39. The zero-order chi connectivity index (χ0) is 21.2. The van der Waals surface area contributed by atoms with Crippen molar-refractivity contribution < 1.29 is 27.6 Å². The summed E-state index contributed by atoms with van der Waals surface area (Å²) in [5, 5.41) is 2.49. The second kappa shape index (κ2) is 8.44. The van der Waals surface area contributed by atoms with E-state index in [9.17, 15) is 27.6 Å². The molecule has 0 heterocycles. The normalized spacial score (nSPS) is 21.9. The Bertz CT molecular complexity index is 600. The standard InChI is InChI=1S/C19H29F3N2O3/c1-11(2)15(25)23-12(3)16(26)24(18(4,5)6)17(27)13-7-9-14(10-8-13)19(20,21)22/h12-14H,1,7-10H2,2-6H3,(H,23,25). The minimum absolute atomic E-state index is 0.0926. The third-order valence-electron chi connectivity index (χ3n) is 4.76. The molecule has 0 saturated heterocycles. The number of hydrogen-bond donors (Lipinski definition) is 1. The van der Waals surface area contributed by atoms with Crippen molar-refractivity contribution in [3.63, 3.8) is 0 Å². The van der Waals surface area contributed by atoms with Crippen LogP contribution in [0.3, 0.4) is 0 Å². The van der Waals surface area contributed by atoms with Crippen LogP contribution in [0.1, 0.15) is 60.3 Å². The van der Waals surface area contributed by atoms with Crippen LogP contribution in [0.15, 0.2) is 12.2 Å². The van der Waals surface area contributed by atoms with E-state index in [2.05, 4.69) is 11.9 Å². The number of halogens is 3. The molecule has 3 amide bonds. The van der Waals surface area contributed by atoms with Gasteiger partial charge in [0.1, 0.15) is 6.04 Å². The summed E-state index contributed by atoms with van der Waals surface area (Å²) in [6.07, 6.45) is -4.30. The van der Waals surface area contributed by atoms with Gasteiger partial charge in [0.2, 0.25) is 11.8 Å². The molecule has 0 aromatic carbocycles. The molecule has 0 radical (unpaired) electrons. The minimum atomic E-state index is -4.26. The summed E-state index contributed by atoms with van der Waals surface area (Å²) in [6, 6.07) is -0.955. The molecule has 0 aromatic rings. The quantitative estimate of drug-likeness (QED) is 0.746. The van der Waals surface area contributed by atoms with Gasteiger partial charge in [-0.1, -0.05) is 6.58 Å². The van der Waals surface area contributed by atoms with Gasteiger partial charge >= 0.3 is 6.18 Å². The fourth-order valence-corrected chi connectivity index (χ4v) is 3.20. The largest absolute Gasteiger partial charge is 0.391 e. The maximum Gasteiger partial charge on any atom is 0.391 e. The zero-order valence-corrected chi connectivity index (χ0v) is 16.6. The first-order valence-electron chi connectivity index (χ1n) is 9.07. The summed E-state index contributed by atoms with van der Waals surface area (Å²) in [4.78, 5) is 38.6. The summed E-state index contributed by atoms with van der Waals surface area (Å²) in [5.41, 5.74) is -0.634. The van der Waals surface area contributed by atoms with Crippen LogP contribution in [0.5, 0.6) is 0 Å². The fourth-order valence-electron chi connectivity index (χ4n) is 3.20. The Morgan fingerprint density at radius 1 is 1.07 bits per heavy atom. The Morgan fingerprint density at radius 3 is 1.93 bits per heavy atom. The molecule has 1 aliphatic rings. The summed E-state index contributed by atoms with van der Waals surface area (Å²) < 4.78 is 38.5. The number of carbonyl (C=O) groups is 3. The van der Waals surface area contributed by atoms with Crippen molar-refractivity contribution in [2.75, 3.05) is 0 Å². The molecule has 154 valence electrons. The molecule has 8 heteroatoms. The lowest BCUT2D eigenvalue weighted by Crippen LogP contribution is -2.57. The number of alkyl halides is 3. The lowest BCUT2D eigenvalue weighted by molar-refractivity contribution is -0.186. The molecular weight excluding hydrogens is 361 g/mol. The van der Waals surface area contributed by atoms with E-state index < -0.39 is 47.3 Å². The molecule has 0 spiro atoms. The number of hydrogen-bond acceptors (Lipinski definition) is 3. The SMILES string of the molecule is C=C(C)C(=O)NC(C)C(=O)N(C(=O)C1CCC(C(F)(F)F)CC1)C(C)(C)C. The van der Waals surface area contributed by atoms with E-state index in [4.69, 9.17) is 0 Å². The van der Waals surface area contributed by atoms with Crippen LogP contribution in [0.25, 0.3) is 0 Å². The van der Waals surface area contributed by atoms with Crippen molar-refractivity contribution in [1.82, 2.24) is 10.2 Å². The van der Waals surface area contributed by atoms with Crippen LogP contribution in [0.4, 0.5) is 13.2 Å². The molecule has 0 aromatic heterocycles. The smallest absolute Gasteiger partial charge is 0.341 e. The minimum Gasteiger partial charge on any atom is -0.341 e. The topological polar surface area (TPSA) is 66.5 Å². The van der Waals surface area contributed by atoms with E-state index in [1.807, 2.05) is 0 Å². The van der Waals surface area contributed by atoms with Gasteiger partial charge in [0, 0.05) is 17.0 Å². The number of nitrogens with zero attached hydrogens (tertiary/aromatic N) is 1. The van der Waals surface area contributed by atoms with Crippen molar-refractivity contribution in [2.45, 2.75) is 78.1 Å². The fraction of sp³-hybridized carbons (Fsp3) is 0.737. The highest BCUT2D eigenvalue weighted by atomic mass is 19.4. The summed E-state index contributed by atoms with van der Waals surface area (Å²) >= 11 is 0. The molecule has 0 aliphatic heterocycles. The van der Waals surface area contributed by atoms with Gasteiger partial charge < -0.3 is 5.32 Å². The average molecular weight is 390 g/mol. The number of nitrogens with one attached hydrogen (secondary N) is 1. The maximum atomic E-state index is 13.0. The third-order valence-corrected chi connectivity index (χ3v) is 4.76. The van der Waals surface area contributed by atoms with Crippen molar-refractivity contribution in [2.24, 2.45) is 11.8 Å². The van der Waals surface area contributed by atoms with E-state index in [1.165, 1.54) is 13.8 Å². The van der Waals surface area contributed by atoms with Gasteiger partial charge in [0.15, 0.2) is 0 Å². The first kappa shape index (κ1) is 23.2. The Labute approximate surface area is 158 Å². The van der Waals surface area contributed by atoms with Crippen LogP contribution in [0.2, 0.25) is 0 Å². The lowest BCUT2D eigenvalue weighted by atomic mass is 9.80. The van der Waals surface area contributed by atoms with E-state index >= 15 is 0 Å². The first-order valence-corrected chi connectivity index (χ1v) is 9.07. The van der Waals surface area contributed by atoms with E-state index in [-0.39, 0.29) is 31.3 Å². The van der Waals surface area contributed by atoms with Crippen LogP contribution < -0.4 is 5.32 Å². The highest BCUT2D eigenvalue weighted by Gasteiger charge is 2.45. The second-order valence-electron chi connectivity index (χ2n) is 8.25. The molecule has 1 saturated carbocycles. The van der Waals surface area contributed by atoms with Crippen molar-refractivity contribution in [1.29, 1.82) is 0 Å². The highest BCUT2D eigenvalue weighted by molar-refractivity contribution is 6.02. The monoisotopic (exact) mass is 390 g/mol. The maximum absolute atomic E-state index is 13.0. The highest BCUT2D eigenvalue weighted by Crippen LogP contribution is 2.40. The van der Waals surface area contributed by atoms with E-state index in [1.54, 1.807) is 20.8 Å². The van der Waals surface area contributed by atoms with Crippen molar-refractivity contribution >= 4 is 17.7 Å². The molecule has 1 rings (SSSR count). The van der Waals surface area contributed by atoms with Crippen LogP contribution in [-0.4, -0.2) is 40.4 Å². The number of rotatable bonds is 4. The molecule has 0 bridgehead atoms. The summed E-state index contributed by atoms with van der Waals surface area (Å²) in [7, 11) is 0. The van der Waals surface area contributed by atoms with Crippen molar-refractivity contribution in [3.05, 3.63) is 12.2 Å². The first-order chi connectivity index (χ1) is 12.2. The van der Waals surface area contributed by atoms with Crippen LogP contribution >= 0.6 is 0 Å². The Morgan fingerprint density at radius 2 is 1.56 bits per heavy atom. The zero-order valence-electron chi connectivity index (χ0n) is 16.6. The number of amides is 3.